The summed E-state index contributed by atoms with van der Waals surface area (Å²) in [4.78, 5) is 0. The lowest BCUT2D eigenvalue weighted by Gasteiger charge is -2.17. The predicted molar refractivity (Wildman–Crippen MR) is 91.1 cm³/mol. The second-order valence-corrected chi connectivity index (χ2v) is 7.37. The van der Waals surface area contributed by atoms with Gasteiger partial charge in [0.05, 0.1) is 6.20 Å². The Morgan fingerprint density at radius 2 is 1.91 bits per heavy atom. The first-order chi connectivity index (χ1) is 10.5. The van der Waals surface area contributed by atoms with Crippen molar-refractivity contribution in [1.29, 1.82) is 0 Å². The number of aromatic nitrogens is 2. The average Bonchev–Trinajstić information content (AvgIpc) is 3.15. The fourth-order valence-corrected chi connectivity index (χ4v) is 4.62. The summed E-state index contributed by atoms with van der Waals surface area (Å²) in [7, 11) is -3.56. The highest BCUT2D eigenvalue weighted by Gasteiger charge is 2.39. The molecule has 1 aliphatic heterocycles. The number of halogens is 1. The smallest absolute Gasteiger partial charge is 0.260 e. The molecule has 2 aromatic rings. The lowest BCUT2D eigenvalue weighted by Crippen LogP contribution is -2.33. The van der Waals surface area contributed by atoms with Gasteiger partial charge in [0.2, 0.25) is 0 Å². The molecule has 0 bridgehead atoms. The van der Waals surface area contributed by atoms with Gasteiger partial charge in [0.1, 0.15) is 0 Å². The number of hydrogen-bond donors (Lipinski definition) is 1. The van der Waals surface area contributed by atoms with E-state index in [4.69, 9.17) is 5.73 Å². The molecule has 0 aliphatic carbocycles. The molecule has 1 aromatic carbocycles. The number of nitrogens with zero attached hydrogens (tertiary/aromatic N) is 3. The molecule has 0 unspecified atom stereocenters. The second kappa shape index (κ2) is 7.00. The molecular formula is C15H21ClN4O2S. The zero-order valence-electron chi connectivity index (χ0n) is 12.9. The monoisotopic (exact) mass is 356 g/mol. The summed E-state index contributed by atoms with van der Waals surface area (Å²) in [5.74, 6) is 0.0222. The molecule has 1 aromatic heterocycles. The normalized spacial score (nSPS) is 22.0. The van der Waals surface area contributed by atoms with E-state index >= 15 is 0 Å². The van der Waals surface area contributed by atoms with Gasteiger partial charge >= 0.3 is 0 Å². The minimum Gasteiger partial charge on any atom is -0.326 e. The maximum atomic E-state index is 12.8. The molecule has 2 heterocycles. The summed E-state index contributed by atoms with van der Waals surface area (Å²) < 4.78 is 28.6. The van der Waals surface area contributed by atoms with Crippen molar-refractivity contribution in [1.82, 2.24) is 14.1 Å². The zero-order chi connectivity index (χ0) is 15.7. The molecule has 0 saturated carbocycles. The van der Waals surface area contributed by atoms with E-state index < -0.39 is 10.0 Å². The molecule has 2 N–H and O–H groups in total. The van der Waals surface area contributed by atoms with Crippen molar-refractivity contribution in [2.24, 2.45) is 5.73 Å². The van der Waals surface area contributed by atoms with Gasteiger partial charge in [-0.1, -0.05) is 30.3 Å². The minimum absolute atomic E-state index is 0. The Morgan fingerprint density at radius 1 is 1.22 bits per heavy atom. The highest BCUT2D eigenvalue weighted by Crippen LogP contribution is 2.30. The second-order valence-electron chi connectivity index (χ2n) is 5.49. The van der Waals surface area contributed by atoms with Crippen molar-refractivity contribution in [2.45, 2.75) is 30.5 Å². The molecule has 3 rings (SSSR count). The molecule has 23 heavy (non-hydrogen) atoms. The number of rotatable bonds is 4. The van der Waals surface area contributed by atoms with Gasteiger partial charge in [-0.15, -0.1) is 12.4 Å². The number of nitrogens with two attached hydrogens (primary N) is 1. The molecular weight excluding hydrogens is 336 g/mol. The summed E-state index contributed by atoms with van der Waals surface area (Å²) >= 11 is 0. The quantitative estimate of drug-likeness (QED) is 0.898. The third-order valence-corrected chi connectivity index (χ3v) is 5.99. The van der Waals surface area contributed by atoms with Crippen LogP contribution in [0.3, 0.4) is 0 Å². The molecule has 2 atom stereocenters. The Bertz CT molecular complexity index is 748. The summed E-state index contributed by atoms with van der Waals surface area (Å²) in [6, 6.07) is 11.2. The van der Waals surface area contributed by atoms with E-state index in [0.717, 1.165) is 5.56 Å². The van der Waals surface area contributed by atoms with Crippen molar-refractivity contribution in [2.75, 3.05) is 13.1 Å². The van der Waals surface area contributed by atoms with Crippen molar-refractivity contribution in [3.8, 4) is 0 Å². The van der Waals surface area contributed by atoms with Gasteiger partial charge in [-0.05, 0) is 18.6 Å². The van der Waals surface area contributed by atoms with Crippen molar-refractivity contribution >= 4 is 22.4 Å². The van der Waals surface area contributed by atoms with E-state index in [-0.39, 0.29) is 29.4 Å². The zero-order valence-corrected chi connectivity index (χ0v) is 14.5. The Balaban J connectivity index is 0.00000192. The van der Waals surface area contributed by atoms with E-state index in [2.05, 4.69) is 5.10 Å². The number of aryl methyl sites for hydroxylation is 1. The van der Waals surface area contributed by atoms with Crippen LogP contribution >= 0.6 is 12.4 Å². The largest absolute Gasteiger partial charge is 0.326 e. The summed E-state index contributed by atoms with van der Waals surface area (Å²) in [5.41, 5.74) is 7.27. The van der Waals surface area contributed by atoms with E-state index in [1.165, 1.54) is 15.2 Å². The lowest BCUT2D eigenvalue weighted by molar-refractivity contribution is 0.455. The first kappa shape index (κ1) is 17.9. The topological polar surface area (TPSA) is 81.2 Å². The molecule has 8 heteroatoms. The van der Waals surface area contributed by atoms with Crippen LogP contribution in [0, 0.1) is 0 Å². The number of benzene rings is 1. The molecule has 0 spiro atoms. The van der Waals surface area contributed by atoms with E-state index in [0.29, 0.717) is 19.6 Å². The minimum atomic E-state index is -3.56. The number of sulfonamides is 1. The Morgan fingerprint density at radius 3 is 2.57 bits per heavy atom. The van der Waals surface area contributed by atoms with Gasteiger partial charge in [0.25, 0.3) is 10.0 Å². The summed E-state index contributed by atoms with van der Waals surface area (Å²) in [6.45, 7) is 3.12. The molecule has 0 amide bonds. The molecule has 1 saturated heterocycles. The Kier molecular flexibility index (Phi) is 5.46. The molecule has 0 radical (unpaired) electrons. The highest BCUT2D eigenvalue weighted by molar-refractivity contribution is 7.89. The van der Waals surface area contributed by atoms with Gasteiger partial charge in [-0.25, -0.2) is 8.42 Å². The van der Waals surface area contributed by atoms with Crippen LogP contribution in [0.25, 0.3) is 0 Å². The molecule has 1 fully saturated rings. The molecule has 1 aliphatic rings. The van der Waals surface area contributed by atoms with Crippen LogP contribution in [0.1, 0.15) is 18.4 Å². The van der Waals surface area contributed by atoms with Crippen molar-refractivity contribution in [3.05, 3.63) is 48.2 Å². The van der Waals surface area contributed by atoms with E-state index in [1.54, 1.807) is 6.07 Å². The van der Waals surface area contributed by atoms with E-state index in [9.17, 15) is 8.42 Å². The van der Waals surface area contributed by atoms with Crippen LogP contribution in [0.5, 0.6) is 0 Å². The standard InChI is InChI=1S/C15H20N4O2S.ClH/c1-2-19-15(8-9-17-19)22(20,21)18-10-13(14(16)11-18)12-6-4-3-5-7-12;/h3-9,13-14H,2,10-11,16H2,1H3;1H/t13-,14+;/m0./s1. The van der Waals surface area contributed by atoms with Gasteiger partial charge in [0, 0.05) is 31.6 Å². The van der Waals surface area contributed by atoms with Crippen LogP contribution in [-0.2, 0) is 16.6 Å². The first-order valence-corrected chi connectivity index (χ1v) is 8.80. The highest BCUT2D eigenvalue weighted by atomic mass is 35.5. The van der Waals surface area contributed by atoms with Crippen LogP contribution in [0.4, 0.5) is 0 Å². The van der Waals surface area contributed by atoms with Crippen LogP contribution in [0.2, 0.25) is 0 Å². The lowest BCUT2D eigenvalue weighted by atomic mass is 9.95. The van der Waals surface area contributed by atoms with Crippen LogP contribution < -0.4 is 5.73 Å². The fraction of sp³-hybridized carbons (Fsp3) is 0.400. The third-order valence-electron chi connectivity index (χ3n) is 4.14. The van der Waals surface area contributed by atoms with Gasteiger partial charge < -0.3 is 5.73 Å². The Labute approximate surface area is 142 Å². The van der Waals surface area contributed by atoms with Crippen molar-refractivity contribution in [3.63, 3.8) is 0 Å². The van der Waals surface area contributed by atoms with Gasteiger partial charge in [-0.3, -0.25) is 4.68 Å². The average molecular weight is 357 g/mol. The maximum absolute atomic E-state index is 12.8. The molecule has 126 valence electrons. The predicted octanol–water partition coefficient (Wildman–Crippen LogP) is 1.44. The molecule has 6 nitrogen and oxygen atoms in total. The third kappa shape index (κ3) is 3.28. The van der Waals surface area contributed by atoms with Gasteiger partial charge in [0.15, 0.2) is 5.03 Å². The van der Waals surface area contributed by atoms with E-state index in [1.807, 2.05) is 37.3 Å². The van der Waals surface area contributed by atoms with Crippen LogP contribution in [-0.4, -0.2) is 41.6 Å². The number of hydrogen-bond acceptors (Lipinski definition) is 4. The summed E-state index contributed by atoms with van der Waals surface area (Å²) in [5, 5.41) is 4.28. The van der Waals surface area contributed by atoms with Gasteiger partial charge in [-0.2, -0.15) is 9.40 Å². The Hall–Kier alpha value is -1.41. The summed E-state index contributed by atoms with van der Waals surface area (Å²) in [6.07, 6.45) is 1.51. The first-order valence-electron chi connectivity index (χ1n) is 7.36. The maximum Gasteiger partial charge on any atom is 0.260 e. The van der Waals surface area contributed by atoms with Crippen LogP contribution in [0.15, 0.2) is 47.6 Å². The fourth-order valence-electron chi connectivity index (χ4n) is 2.95. The van der Waals surface area contributed by atoms with Crippen molar-refractivity contribution < 1.29 is 8.42 Å². The SMILES string of the molecule is CCn1nccc1S(=O)(=O)N1C[C@@H](N)[C@H](c2ccccc2)C1.Cl.